The molecule has 0 saturated heterocycles. The van der Waals surface area contributed by atoms with Crippen molar-refractivity contribution in [1.29, 1.82) is 0 Å². The Bertz CT molecular complexity index is 252. The molecule has 6 heteroatoms. The van der Waals surface area contributed by atoms with E-state index in [-0.39, 0.29) is 6.61 Å². The minimum absolute atomic E-state index is 0.0376. The molecule has 0 spiro atoms. The zero-order valence-corrected chi connectivity index (χ0v) is 15.8. The summed E-state index contributed by atoms with van der Waals surface area (Å²) in [5.74, 6) is -1.41. The molecule has 0 aliphatic heterocycles. The van der Waals surface area contributed by atoms with E-state index in [0.717, 1.165) is 45.1 Å². The van der Waals surface area contributed by atoms with E-state index in [1.165, 1.54) is 0 Å². The van der Waals surface area contributed by atoms with E-state index in [9.17, 15) is 10.2 Å². The first-order chi connectivity index (χ1) is 11.7. The lowest BCUT2D eigenvalue weighted by molar-refractivity contribution is -0.304. The van der Waals surface area contributed by atoms with E-state index in [2.05, 4.69) is 20.8 Å². The van der Waals surface area contributed by atoms with Crippen LogP contribution in [-0.2, 0) is 18.9 Å². The van der Waals surface area contributed by atoms with E-state index in [1.807, 2.05) is 0 Å². The fourth-order valence-electron chi connectivity index (χ4n) is 2.00. The van der Waals surface area contributed by atoms with Crippen molar-refractivity contribution in [2.75, 3.05) is 46.2 Å². The van der Waals surface area contributed by atoms with Crippen molar-refractivity contribution in [1.82, 2.24) is 0 Å². The SMILES string of the molecule is CCCCOCCOCC(O)C(CO)(OCCCC)OCCCC. The molecule has 2 N–H and O–H groups in total. The van der Waals surface area contributed by atoms with Crippen molar-refractivity contribution in [3.63, 3.8) is 0 Å². The monoisotopic (exact) mass is 350 g/mol. The standard InChI is InChI=1S/C18H38O6/c1-4-7-10-21-13-14-22-15-17(20)18(16-19,23-11-8-5-2)24-12-9-6-3/h17,19-20H,4-16H2,1-3H3. The van der Waals surface area contributed by atoms with Gasteiger partial charge in [-0.1, -0.05) is 40.0 Å². The zero-order chi connectivity index (χ0) is 18.1. The molecule has 1 atom stereocenters. The van der Waals surface area contributed by atoms with Gasteiger partial charge in [-0.15, -0.1) is 0 Å². The molecule has 0 amide bonds. The van der Waals surface area contributed by atoms with Crippen molar-refractivity contribution in [2.24, 2.45) is 0 Å². The summed E-state index contributed by atoms with van der Waals surface area (Å²) in [4.78, 5) is 0. The number of ether oxygens (including phenoxy) is 4. The maximum absolute atomic E-state index is 10.4. The van der Waals surface area contributed by atoms with Gasteiger partial charge in [0.25, 0.3) is 0 Å². The molecule has 146 valence electrons. The molecule has 0 saturated carbocycles. The van der Waals surface area contributed by atoms with Crippen molar-refractivity contribution in [3.8, 4) is 0 Å². The number of aliphatic hydroxyl groups is 2. The quantitative estimate of drug-likeness (QED) is 0.292. The third-order valence-corrected chi connectivity index (χ3v) is 3.71. The van der Waals surface area contributed by atoms with Crippen LogP contribution in [0.15, 0.2) is 0 Å². The van der Waals surface area contributed by atoms with Crippen LogP contribution in [-0.4, -0.2) is 68.4 Å². The molecule has 24 heavy (non-hydrogen) atoms. The Morgan fingerprint density at radius 3 is 1.75 bits per heavy atom. The van der Waals surface area contributed by atoms with Gasteiger partial charge in [-0.2, -0.15) is 0 Å². The molecular weight excluding hydrogens is 312 g/mol. The van der Waals surface area contributed by atoms with Gasteiger partial charge in [0.2, 0.25) is 5.79 Å². The summed E-state index contributed by atoms with van der Waals surface area (Å²) in [6.07, 6.45) is 4.72. The third-order valence-electron chi connectivity index (χ3n) is 3.71. The van der Waals surface area contributed by atoms with Crippen LogP contribution in [0.5, 0.6) is 0 Å². The second-order valence-corrected chi connectivity index (χ2v) is 5.93. The van der Waals surface area contributed by atoms with Crippen LogP contribution in [0.1, 0.15) is 59.3 Å². The summed E-state index contributed by atoms with van der Waals surface area (Å²) >= 11 is 0. The molecule has 0 heterocycles. The molecule has 1 unspecified atom stereocenters. The van der Waals surface area contributed by atoms with Crippen molar-refractivity contribution in [2.45, 2.75) is 71.2 Å². The summed E-state index contributed by atoms with van der Waals surface area (Å²) in [5.41, 5.74) is 0. The number of rotatable bonds is 18. The van der Waals surface area contributed by atoms with Gasteiger partial charge < -0.3 is 29.2 Å². The molecule has 0 aliphatic rings. The fraction of sp³-hybridized carbons (Fsp3) is 1.00. The number of unbranched alkanes of at least 4 members (excludes halogenated alkanes) is 3. The molecule has 0 bridgehead atoms. The van der Waals surface area contributed by atoms with Crippen LogP contribution in [0.3, 0.4) is 0 Å². The Hall–Kier alpha value is -0.240. The first-order valence-corrected chi connectivity index (χ1v) is 9.39. The summed E-state index contributed by atoms with van der Waals surface area (Å²) in [6, 6.07) is 0. The van der Waals surface area contributed by atoms with Crippen LogP contribution in [0.25, 0.3) is 0 Å². The highest BCUT2D eigenvalue weighted by Gasteiger charge is 2.40. The normalized spacial score (nSPS) is 13.4. The topological polar surface area (TPSA) is 77.4 Å². The zero-order valence-electron chi connectivity index (χ0n) is 15.8. The summed E-state index contributed by atoms with van der Waals surface area (Å²) in [7, 11) is 0. The molecule has 6 nitrogen and oxygen atoms in total. The first kappa shape index (κ1) is 23.8. The maximum Gasteiger partial charge on any atom is 0.220 e. The molecule has 0 aromatic rings. The Balaban J connectivity index is 4.29. The van der Waals surface area contributed by atoms with Gasteiger partial charge >= 0.3 is 0 Å². The van der Waals surface area contributed by atoms with Crippen LogP contribution >= 0.6 is 0 Å². The smallest absolute Gasteiger partial charge is 0.220 e. The summed E-state index contributed by atoms with van der Waals surface area (Å²) in [5, 5.41) is 20.2. The predicted octanol–water partition coefficient (Wildman–Crippen LogP) is 2.50. The van der Waals surface area contributed by atoms with Crippen LogP contribution in [0.4, 0.5) is 0 Å². The van der Waals surface area contributed by atoms with Gasteiger partial charge in [0.15, 0.2) is 0 Å². The van der Waals surface area contributed by atoms with Gasteiger partial charge in [0, 0.05) is 6.61 Å². The van der Waals surface area contributed by atoms with Crippen molar-refractivity contribution < 1.29 is 29.2 Å². The van der Waals surface area contributed by atoms with Crippen molar-refractivity contribution in [3.05, 3.63) is 0 Å². The molecule has 0 rings (SSSR count). The van der Waals surface area contributed by atoms with Gasteiger partial charge in [0.05, 0.1) is 39.6 Å². The van der Waals surface area contributed by atoms with Crippen LogP contribution in [0.2, 0.25) is 0 Å². The van der Waals surface area contributed by atoms with E-state index >= 15 is 0 Å². The summed E-state index contributed by atoms with van der Waals surface area (Å²) < 4.78 is 22.3. The second kappa shape index (κ2) is 16.2. The highest BCUT2D eigenvalue weighted by molar-refractivity contribution is 4.79. The molecule has 0 aromatic carbocycles. The van der Waals surface area contributed by atoms with Crippen LogP contribution < -0.4 is 0 Å². The first-order valence-electron chi connectivity index (χ1n) is 9.39. The molecular formula is C18H38O6. The van der Waals surface area contributed by atoms with E-state index in [4.69, 9.17) is 18.9 Å². The minimum atomic E-state index is -1.41. The molecule has 0 aliphatic carbocycles. The lowest BCUT2D eigenvalue weighted by Crippen LogP contribution is -2.53. The van der Waals surface area contributed by atoms with Gasteiger partial charge in [-0.05, 0) is 19.3 Å². The average Bonchev–Trinajstić information content (AvgIpc) is 2.59. The maximum atomic E-state index is 10.4. The minimum Gasteiger partial charge on any atom is -0.391 e. The third kappa shape index (κ3) is 10.6. The number of hydrogen-bond donors (Lipinski definition) is 2. The second-order valence-electron chi connectivity index (χ2n) is 5.93. The largest absolute Gasteiger partial charge is 0.391 e. The molecule has 0 aromatic heterocycles. The Morgan fingerprint density at radius 2 is 1.25 bits per heavy atom. The molecule has 0 fully saturated rings. The summed E-state index contributed by atoms with van der Waals surface area (Å²) in [6.45, 7) is 8.33. The van der Waals surface area contributed by atoms with Crippen LogP contribution in [0, 0.1) is 0 Å². The highest BCUT2D eigenvalue weighted by Crippen LogP contribution is 2.20. The average molecular weight is 350 g/mol. The van der Waals surface area contributed by atoms with Crippen molar-refractivity contribution >= 4 is 0 Å². The highest BCUT2D eigenvalue weighted by atomic mass is 16.7. The number of aliphatic hydroxyl groups excluding tert-OH is 2. The Morgan fingerprint density at radius 1 is 0.750 bits per heavy atom. The fourth-order valence-corrected chi connectivity index (χ4v) is 2.00. The predicted molar refractivity (Wildman–Crippen MR) is 94.1 cm³/mol. The van der Waals surface area contributed by atoms with E-state index in [0.29, 0.717) is 26.4 Å². The Kier molecular flexibility index (Phi) is 16.1. The number of hydrogen-bond acceptors (Lipinski definition) is 6. The van der Waals surface area contributed by atoms with Gasteiger partial charge in [0.1, 0.15) is 6.10 Å². The van der Waals surface area contributed by atoms with Gasteiger partial charge in [-0.3, -0.25) is 0 Å². The Labute approximate surface area is 147 Å². The molecule has 0 radical (unpaired) electrons. The lowest BCUT2D eigenvalue weighted by atomic mass is 10.1. The van der Waals surface area contributed by atoms with Gasteiger partial charge in [-0.25, -0.2) is 0 Å². The lowest BCUT2D eigenvalue weighted by Gasteiger charge is -2.36. The van der Waals surface area contributed by atoms with E-state index < -0.39 is 18.5 Å². The van der Waals surface area contributed by atoms with E-state index in [1.54, 1.807) is 0 Å².